The van der Waals surface area contributed by atoms with E-state index in [2.05, 4.69) is 80.0 Å². The molecule has 1 fully saturated rings. The molecule has 0 saturated heterocycles. The number of halogens is 1. The van der Waals surface area contributed by atoms with E-state index >= 15 is 0 Å². The average molecular weight is 426 g/mol. The Morgan fingerprint density at radius 2 is 1.47 bits per heavy atom. The Hall–Kier alpha value is -1.79. The van der Waals surface area contributed by atoms with Gasteiger partial charge in [-0.25, -0.2) is 0 Å². The van der Waals surface area contributed by atoms with Crippen LogP contribution < -0.4 is 0 Å². The van der Waals surface area contributed by atoms with Crippen LogP contribution in [-0.2, 0) is 12.1 Å². The van der Waals surface area contributed by atoms with Crippen molar-refractivity contribution in [3.05, 3.63) is 71.8 Å². The first-order valence-corrected chi connectivity index (χ1v) is 10.9. The van der Waals surface area contributed by atoms with Crippen LogP contribution in [0.4, 0.5) is 0 Å². The van der Waals surface area contributed by atoms with Crippen molar-refractivity contribution in [1.82, 2.24) is 4.90 Å². The molecule has 1 atom stereocenters. The van der Waals surface area contributed by atoms with Crippen LogP contribution in [0.5, 0.6) is 0 Å². The minimum Gasteiger partial charge on any atom is -0.384 e. The fourth-order valence-corrected chi connectivity index (χ4v) is 4.29. The van der Waals surface area contributed by atoms with Crippen molar-refractivity contribution in [2.75, 3.05) is 6.54 Å². The number of nitrogens with zero attached hydrogens (tertiary/aromatic N) is 1. The Morgan fingerprint density at radius 3 is 2.03 bits per heavy atom. The molecule has 0 spiro atoms. The maximum absolute atomic E-state index is 11.6. The van der Waals surface area contributed by atoms with Crippen LogP contribution in [0.25, 0.3) is 0 Å². The van der Waals surface area contributed by atoms with Gasteiger partial charge in [0.15, 0.2) is 0 Å². The molecular formula is C27H36ClNO. The van der Waals surface area contributed by atoms with Gasteiger partial charge in [-0.05, 0) is 50.7 Å². The van der Waals surface area contributed by atoms with Crippen molar-refractivity contribution in [2.45, 2.75) is 70.6 Å². The van der Waals surface area contributed by atoms with Crippen LogP contribution in [-0.4, -0.2) is 22.1 Å². The fraction of sp³-hybridized carbons (Fsp3) is 0.481. The summed E-state index contributed by atoms with van der Waals surface area (Å²) in [5.41, 5.74) is 1.51. The normalized spacial score (nSPS) is 16.4. The largest absolute Gasteiger partial charge is 0.384 e. The molecule has 2 nitrogen and oxygen atoms in total. The second-order valence-electron chi connectivity index (χ2n) is 9.31. The van der Waals surface area contributed by atoms with Crippen molar-refractivity contribution < 1.29 is 5.11 Å². The Labute approximate surface area is 189 Å². The van der Waals surface area contributed by atoms with Crippen molar-refractivity contribution >= 4 is 12.4 Å². The first kappa shape index (κ1) is 24.5. The minimum atomic E-state index is -0.837. The first-order valence-electron chi connectivity index (χ1n) is 10.9. The summed E-state index contributed by atoms with van der Waals surface area (Å²) in [6.45, 7) is 8.28. The van der Waals surface area contributed by atoms with Crippen molar-refractivity contribution in [3.63, 3.8) is 0 Å². The predicted octanol–water partition coefficient (Wildman–Crippen LogP) is 6.18. The van der Waals surface area contributed by atoms with E-state index in [9.17, 15) is 5.11 Å². The number of rotatable bonds is 6. The van der Waals surface area contributed by atoms with Gasteiger partial charge in [-0.15, -0.1) is 12.4 Å². The lowest BCUT2D eigenvalue weighted by Gasteiger charge is -2.34. The zero-order valence-electron chi connectivity index (χ0n) is 18.6. The minimum absolute atomic E-state index is 0. The molecule has 0 aliphatic heterocycles. The lowest BCUT2D eigenvalue weighted by atomic mass is 9.78. The van der Waals surface area contributed by atoms with Gasteiger partial charge in [-0.2, -0.15) is 0 Å². The molecule has 0 amide bonds. The van der Waals surface area contributed by atoms with Crippen LogP contribution in [0.15, 0.2) is 60.7 Å². The molecule has 1 aliphatic rings. The lowest BCUT2D eigenvalue weighted by Crippen LogP contribution is -2.41. The summed E-state index contributed by atoms with van der Waals surface area (Å²) in [5.74, 6) is 7.03. The first-order chi connectivity index (χ1) is 13.9. The summed E-state index contributed by atoms with van der Waals surface area (Å²) >= 11 is 0. The molecule has 2 aromatic carbocycles. The molecule has 0 heterocycles. The molecule has 3 rings (SSSR count). The average Bonchev–Trinajstić information content (AvgIpc) is 3.26. The Bertz CT molecular complexity index is 813. The van der Waals surface area contributed by atoms with Crippen LogP contribution in [0.2, 0.25) is 0 Å². The number of benzene rings is 2. The number of aliphatic hydroxyl groups is 1. The van der Waals surface area contributed by atoms with Crippen molar-refractivity contribution in [2.24, 2.45) is 5.92 Å². The fourth-order valence-electron chi connectivity index (χ4n) is 4.29. The van der Waals surface area contributed by atoms with E-state index in [1.54, 1.807) is 0 Å². The van der Waals surface area contributed by atoms with Gasteiger partial charge in [-0.1, -0.05) is 85.3 Å². The number of hydrogen-bond donors (Lipinski definition) is 1. The predicted molar refractivity (Wildman–Crippen MR) is 129 cm³/mol. The monoisotopic (exact) mass is 425 g/mol. The molecule has 30 heavy (non-hydrogen) atoms. The summed E-state index contributed by atoms with van der Waals surface area (Å²) < 4.78 is 0. The smallest absolute Gasteiger partial charge is 0.103 e. The standard InChI is InChI=1S/C27H35NO.ClH/c1-26(2,3)28(22-23-14-6-4-7-15-23)21-13-12-20-27(29,25-18-10-11-19-25)24-16-8-5-9-17-24;/h4-9,14-17,25,29H,10-11,18-22H2,1-3H3;1H. The Kier molecular flexibility index (Phi) is 8.98. The summed E-state index contributed by atoms with van der Waals surface area (Å²) in [4.78, 5) is 2.40. The molecule has 162 valence electrons. The highest BCUT2D eigenvalue weighted by Gasteiger charge is 2.39. The maximum atomic E-state index is 11.6. The third-order valence-electron chi connectivity index (χ3n) is 6.22. The van der Waals surface area contributed by atoms with Crippen LogP contribution in [0.3, 0.4) is 0 Å². The molecule has 1 unspecified atom stereocenters. The summed E-state index contributed by atoms with van der Waals surface area (Å²) in [6.07, 6.45) is 5.11. The molecule has 2 aromatic rings. The SMILES string of the molecule is CC(C)(C)N(CC#CCC(O)(c1ccccc1)C1CCCC1)Cc1ccccc1.Cl. The Morgan fingerprint density at radius 1 is 0.900 bits per heavy atom. The summed E-state index contributed by atoms with van der Waals surface area (Å²) in [7, 11) is 0. The zero-order chi connectivity index (χ0) is 20.7. The quantitative estimate of drug-likeness (QED) is 0.558. The van der Waals surface area contributed by atoms with E-state index in [1.165, 1.54) is 18.4 Å². The van der Waals surface area contributed by atoms with Gasteiger partial charge >= 0.3 is 0 Å². The Balaban J connectivity index is 0.00000320. The van der Waals surface area contributed by atoms with Gasteiger partial charge in [-0.3, -0.25) is 4.90 Å². The zero-order valence-corrected chi connectivity index (χ0v) is 19.4. The van der Waals surface area contributed by atoms with Crippen LogP contribution in [0.1, 0.15) is 64.0 Å². The molecule has 0 aromatic heterocycles. The molecule has 0 radical (unpaired) electrons. The molecule has 1 N–H and O–H groups in total. The second-order valence-corrected chi connectivity index (χ2v) is 9.31. The summed E-state index contributed by atoms with van der Waals surface area (Å²) in [5, 5.41) is 11.6. The highest BCUT2D eigenvalue weighted by molar-refractivity contribution is 5.85. The maximum Gasteiger partial charge on any atom is 0.103 e. The van der Waals surface area contributed by atoms with Crippen LogP contribution in [0, 0.1) is 17.8 Å². The molecule has 1 saturated carbocycles. The van der Waals surface area contributed by atoms with Gasteiger partial charge in [0.25, 0.3) is 0 Å². The van der Waals surface area contributed by atoms with E-state index < -0.39 is 5.60 Å². The van der Waals surface area contributed by atoms with Crippen molar-refractivity contribution in [1.29, 1.82) is 0 Å². The van der Waals surface area contributed by atoms with E-state index in [0.29, 0.717) is 18.9 Å². The van der Waals surface area contributed by atoms with E-state index in [4.69, 9.17) is 0 Å². The number of hydrogen-bond acceptors (Lipinski definition) is 2. The van der Waals surface area contributed by atoms with Gasteiger partial charge in [0, 0.05) is 18.5 Å². The molecule has 0 bridgehead atoms. The second kappa shape index (κ2) is 11.0. The third kappa shape index (κ3) is 6.35. The van der Waals surface area contributed by atoms with Gasteiger partial charge in [0.2, 0.25) is 0 Å². The molecular weight excluding hydrogens is 390 g/mol. The highest BCUT2D eigenvalue weighted by Crippen LogP contribution is 2.42. The van der Waals surface area contributed by atoms with Gasteiger partial charge < -0.3 is 5.11 Å². The van der Waals surface area contributed by atoms with Crippen molar-refractivity contribution in [3.8, 4) is 11.8 Å². The topological polar surface area (TPSA) is 23.5 Å². The highest BCUT2D eigenvalue weighted by atomic mass is 35.5. The van der Waals surface area contributed by atoms with Gasteiger partial charge in [0.1, 0.15) is 5.60 Å². The molecule has 3 heteroatoms. The molecule has 1 aliphatic carbocycles. The lowest BCUT2D eigenvalue weighted by molar-refractivity contribution is -0.0173. The van der Waals surface area contributed by atoms with E-state index in [0.717, 1.165) is 24.9 Å². The van der Waals surface area contributed by atoms with E-state index in [1.807, 2.05) is 18.2 Å². The summed E-state index contributed by atoms with van der Waals surface area (Å²) in [6, 6.07) is 20.7. The van der Waals surface area contributed by atoms with E-state index in [-0.39, 0.29) is 17.9 Å². The van der Waals surface area contributed by atoms with Gasteiger partial charge in [0.05, 0.1) is 6.54 Å². The van der Waals surface area contributed by atoms with Crippen LogP contribution >= 0.6 is 12.4 Å². The third-order valence-corrected chi connectivity index (χ3v) is 6.22.